The average molecular weight is 365 g/mol. The summed E-state index contributed by atoms with van der Waals surface area (Å²) in [7, 11) is -3.74. The van der Waals surface area contributed by atoms with Crippen molar-refractivity contribution >= 4 is 44.8 Å². The Morgan fingerprint density at radius 2 is 1.48 bits per heavy atom. The van der Waals surface area contributed by atoms with Crippen LogP contribution in [0.4, 0.5) is 0 Å². The van der Waals surface area contributed by atoms with Crippen molar-refractivity contribution in [2.75, 3.05) is 6.54 Å². The van der Waals surface area contributed by atoms with Crippen LogP contribution >= 0.6 is 34.8 Å². The van der Waals surface area contributed by atoms with Gasteiger partial charge in [0, 0.05) is 11.6 Å². The molecule has 7 heteroatoms. The Hall–Kier alpha value is -0.780. The van der Waals surface area contributed by atoms with Crippen LogP contribution in [0.2, 0.25) is 15.1 Å². The highest BCUT2D eigenvalue weighted by Crippen LogP contribution is 2.28. The zero-order chi connectivity index (χ0) is 15.5. The monoisotopic (exact) mass is 363 g/mol. The molecule has 0 bridgehead atoms. The van der Waals surface area contributed by atoms with Gasteiger partial charge in [0.15, 0.2) is 0 Å². The fourth-order valence-electron chi connectivity index (χ4n) is 1.79. The van der Waals surface area contributed by atoms with E-state index in [1.54, 1.807) is 18.2 Å². The van der Waals surface area contributed by atoms with Gasteiger partial charge < -0.3 is 0 Å². The van der Waals surface area contributed by atoms with E-state index in [-0.39, 0.29) is 21.5 Å². The van der Waals surface area contributed by atoms with Crippen molar-refractivity contribution < 1.29 is 8.42 Å². The Kier molecular flexibility index (Phi) is 5.52. The van der Waals surface area contributed by atoms with Gasteiger partial charge in [0.25, 0.3) is 0 Å². The molecular formula is C14H12Cl3NO2S. The van der Waals surface area contributed by atoms with E-state index in [0.29, 0.717) is 11.4 Å². The molecule has 1 N–H and O–H groups in total. The summed E-state index contributed by atoms with van der Waals surface area (Å²) in [6.07, 6.45) is 0.540. The summed E-state index contributed by atoms with van der Waals surface area (Å²) in [6.45, 7) is 0.242. The summed E-state index contributed by atoms with van der Waals surface area (Å²) < 4.78 is 26.9. The molecule has 0 aliphatic heterocycles. The molecule has 3 nitrogen and oxygen atoms in total. The van der Waals surface area contributed by atoms with E-state index in [2.05, 4.69) is 4.72 Å². The molecule has 2 aromatic carbocycles. The highest BCUT2D eigenvalue weighted by molar-refractivity contribution is 7.89. The Balaban J connectivity index is 2.07. The summed E-state index contributed by atoms with van der Waals surface area (Å²) in [5.74, 6) is 0. The van der Waals surface area contributed by atoms with E-state index in [1.165, 1.54) is 12.1 Å². The topological polar surface area (TPSA) is 46.2 Å². The summed E-state index contributed by atoms with van der Waals surface area (Å²) in [6, 6.07) is 11.8. The van der Waals surface area contributed by atoms with E-state index in [1.807, 2.05) is 12.1 Å². The second-order valence-corrected chi connectivity index (χ2v) is 7.28. The average Bonchev–Trinajstić information content (AvgIpc) is 2.40. The van der Waals surface area contributed by atoms with Gasteiger partial charge in [-0.05, 0) is 36.2 Å². The molecule has 0 aromatic heterocycles. The summed E-state index contributed by atoms with van der Waals surface area (Å²) in [5, 5.41) is 0.838. The van der Waals surface area contributed by atoms with Gasteiger partial charge in [-0.1, -0.05) is 53.0 Å². The second kappa shape index (κ2) is 6.99. The maximum Gasteiger partial charge on any atom is 0.243 e. The maximum atomic E-state index is 12.2. The molecule has 2 aromatic rings. The van der Waals surface area contributed by atoms with Gasteiger partial charge in [-0.25, -0.2) is 13.1 Å². The maximum absolute atomic E-state index is 12.2. The van der Waals surface area contributed by atoms with Gasteiger partial charge in [0.1, 0.15) is 4.90 Å². The lowest BCUT2D eigenvalue weighted by Gasteiger charge is -2.10. The van der Waals surface area contributed by atoms with Gasteiger partial charge >= 0.3 is 0 Å². The Morgan fingerprint density at radius 1 is 0.905 bits per heavy atom. The first kappa shape index (κ1) is 16.6. The van der Waals surface area contributed by atoms with Gasteiger partial charge in [0.2, 0.25) is 10.0 Å². The van der Waals surface area contributed by atoms with Crippen LogP contribution in [0.3, 0.4) is 0 Å². The predicted molar refractivity (Wildman–Crippen MR) is 86.8 cm³/mol. The number of halogens is 3. The molecule has 112 valence electrons. The van der Waals surface area contributed by atoms with E-state index in [0.717, 1.165) is 5.56 Å². The lowest BCUT2D eigenvalue weighted by Crippen LogP contribution is -2.26. The quantitative estimate of drug-likeness (QED) is 0.865. The van der Waals surface area contributed by atoms with Crippen molar-refractivity contribution in [2.24, 2.45) is 0 Å². The van der Waals surface area contributed by atoms with Crippen LogP contribution < -0.4 is 4.72 Å². The van der Waals surface area contributed by atoms with Crippen LogP contribution in [-0.2, 0) is 16.4 Å². The van der Waals surface area contributed by atoms with Crippen LogP contribution in [0.25, 0.3) is 0 Å². The first-order valence-electron chi connectivity index (χ1n) is 6.08. The standard InChI is InChI=1S/C14H12Cl3NO2S/c15-11-6-4-10(5-7-11)8-9-18-21(19,20)14-12(16)2-1-3-13(14)17/h1-7,18H,8-9H2. The Labute approximate surface area is 138 Å². The zero-order valence-electron chi connectivity index (χ0n) is 10.8. The fraction of sp³-hybridized carbons (Fsp3) is 0.143. The minimum atomic E-state index is -3.74. The van der Waals surface area contributed by atoms with Gasteiger partial charge in [-0.3, -0.25) is 0 Å². The molecule has 0 amide bonds. The fourth-order valence-corrected chi connectivity index (χ4v) is 4.09. The molecule has 0 unspecified atom stereocenters. The molecule has 0 radical (unpaired) electrons. The first-order valence-corrected chi connectivity index (χ1v) is 8.70. The lowest BCUT2D eigenvalue weighted by molar-refractivity contribution is 0.582. The first-order chi connectivity index (χ1) is 9.90. The molecule has 2 rings (SSSR count). The normalized spacial score (nSPS) is 11.6. The minimum absolute atomic E-state index is 0.0931. The molecule has 0 spiro atoms. The molecule has 0 atom stereocenters. The third-order valence-corrected chi connectivity index (χ3v) is 5.47. The highest BCUT2D eigenvalue weighted by atomic mass is 35.5. The zero-order valence-corrected chi connectivity index (χ0v) is 13.9. The number of hydrogen-bond acceptors (Lipinski definition) is 2. The molecular weight excluding hydrogens is 353 g/mol. The molecule has 0 fully saturated rings. The van der Waals surface area contributed by atoms with E-state index < -0.39 is 10.0 Å². The van der Waals surface area contributed by atoms with Crippen molar-refractivity contribution in [2.45, 2.75) is 11.3 Å². The Morgan fingerprint density at radius 3 is 2.05 bits per heavy atom. The van der Waals surface area contributed by atoms with Crippen LogP contribution in [-0.4, -0.2) is 15.0 Å². The lowest BCUT2D eigenvalue weighted by atomic mass is 10.2. The largest absolute Gasteiger partial charge is 0.243 e. The number of nitrogens with one attached hydrogen (secondary N) is 1. The van der Waals surface area contributed by atoms with Crippen molar-refractivity contribution in [3.63, 3.8) is 0 Å². The smallest absolute Gasteiger partial charge is 0.211 e. The van der Waals surface area contributed by atoms with Crippen LogP contribution in [0.5, 0.6) is 0 Å². The molecule has 0 saturated heterocycles. The number of hydrogen-bond donors (Lipinski definition) is 1. The van der Waals surface area contributed by atoms with Crippen molar-refractivity contribution in [3.05, 3.63) is 63.1 Å². The molecule has 21 heavy (non-hydrogen) atoms. The van der Waals surface area contributed by atoms with Crippen LogP contribution in [0.1, 0.15) is 5.56 Å². The molecule has 0 aliphatic carbocycles. The van der Waals surface area contributed by atoms with Gasteiger partial charge in [0.05, 0.1) is 10.0 Å². The summed E-state index contributed by atoms with van der Waals surface area (Å²) in [4.78, 5) is -0.0931. The third kappa shape index (κ3) is 4.34. The van der Waals surface area contributed by atoms with Crippen molar-refractivity contribution in [3.8, 4) is 0 Å². The van der Waals surface area contributed by atoms with Crippen molar-refractivity contribution in [1.29, 1.82) is 0 Å². The highest BCUT2D eigenvalue weighted by Gasteiger charge is 2.20. The van der Waals surface area contributed by atoms with Crippen LogP contribution in [0.15, 0.2) is 47.4 Å². The van der Waals surface area contributed by atoms with Gasteiger partial charge in [-0.2, -0.15) is 0 Å². The Bertz CT molecular complexity index is 710. The van der Waals surface area contributed by atoms with E-state index in [9.17, 15) is 8.42 Å². The number of benzene rings is 2. The summed E-state index contributed by atoms with van der Waals surface area (Å²) in [5.41, 5.74) is 0.979. The van der Waals surface area contributed by atoms with Crippen molar-refractivity contribution in [1.82, 2.24) is 4.72 Å². The summed E-state index contributed by atoms with van der Waals surface area (Å²) >= 11 is 17.6. The van der Waals surface area contributed by atoms with E-state index >= 15 is 0 Å². The van der Waals surface area contributed by atoms with Crippen LogP contribution in [0, 0.1) is 0 Å². The number of sulfonamides is 1. The molecule has 0 saturated carbocycles. The molecule has 0 aliphatic rings. The predicted octanol–water partition coefficient (Wildman–Crippen LogP) is 4.17. The second-order valence-electron chi connectivity index (χ2n) is 4.33. The van der Waals surface area contributed by atoms with E-state index in [4.69, 9.17) is 34.8 Å². The SMILES string of the molecule is O=S(=O)(NCCc1ccc(Cl)cc1)c1c(Cl)cccc1Cl. The molecule has 0 heterocycles. The van der Waals surface area contributed by atoms with Gasteiger partial charge in [-0.15, -0.1) is 0 Å². The third-order valence-electron chi connectivity index (χ3n) is 2.81. The number of rotatable bonds is 5. The minimum Gasteiger partial charge on any atom is -0.211 e.